The molecule has 37 heavy (non-hydrogen) atoms. The van der Waals surface area contributed by atoms with Crippen molar-refractivity contribution in [2.45, 2.75) is 38.6 Å². The van der Waals surface area contributed by atoms with Gasteiger partial charge in [-0.05, 0) is 74.2 Å². The largest absolute Gasteiger partial charge is 0.490 e. The van der Waals surface area contributed by atoms with Crippen LogP contribution in [-0.4, -0.2) is 59.1 Å². The normalized spacial score (nSPS) is 15.3. The van der Waals surface area contributed by atoms with Crippen LogP contribution in [0.4, 0.5) is 23.7 Å². The van der Waals surface area contributed by atoms with Crippen LogP contribution in [0.1, 0.15) is 24.0 Å². The summed E-state index contributed by atoms with van der Waals surface area (Å²) < 4.78 is 37.5. The molecule has 1 atom stereocenters. The Bertz CT molecular complexity index is 1080. The smallest absolute Gasteiger partial charge is 0.489 e. The van der Waals surface area contributed by atoms with Crippen molar-refractivity contribution in [1.29, 1.82) is 0 Å². The Morgan fingerprint density at radius 3 is 2.35 bits per heavy atom. The molecule has 2 aromatic carbocycles. The minimum absolute atomic E-state index is 0.132. The van der Waals surface area contributed by atoms with Crippen LogP contribution in [0.15, 0.2) is 36.4 Å². The van der Waals surface area contributed by atoms with Gasteiger partial charge in [-0.25, -0.2) is 9.59 Å². The number of aliphatic carboxylic acids is 1. The highest BCUT2D eigenvalue weighted by Gasteiger charge is 2.38. The first-order valence-electron chi connectivity index (χ1n) is 11.2. The maximum absolute atomic E-state index is 11.2. The van der Waals surface area contributed by atoms with Gasteiger partial charge >= 0.3 is 18.2 Å². The van der Waals surface area contributed by atoms with Crippen LogP contribution in [0.25, 0.3) is 0 Å². The number of halogens is 5. The molecular formula is C24H28Cl2F3N3O5. The van der Waals surface area contributed by atoms with Crippen molar-refractivity contribution in [3.63, 3.8) is 0 Å². The van der Waals surface area contributed by atoms with E-state index >= 15 is 0 Å². The summed E-state index contributed by atoms with van der Waals surface area (Å²) in [5.41, 5.74) is 7.85. The molecule has 5 N–H and O–H groups in total. The molecule has 13 heteroatoms. The molecule has 8 nitrogen and oxygen atoms in total. The van der Waals surface area contributed by atoms with E-state index in [2.05, 4.69) is 16.3 Å². The third-order valence-electron chi connectivity index (χ3n) is 5.67. The van der Waals surface area contributed by atoms with Crippen LogP contribution in [0, 0.1) is 12.8 Å². The Kier molecular flexibility index (Phi) is 11.3. The number of nitrogens with one attached hydrogen (secondary N) is 1. The molecule has 1 saturated heterocycles. The second kappa shape index (κ2) is 13.7. The zero-order chi connectivity index (χ0) is 27.8. The number of anilines is 1. The molecule has 0 spiro atoms. The van der Waals surface area contributed by atoms with Gasteiger partial charge in [-0.15, -0.1) is 0 Å². The maximum Gasteiger partial charge on any atom is 0.490 e. The van der Waals surface area contributed by atoms with Crippen molar-refractivity contribution in [1.82, 2.24) is 4.90 Å². The molecule has 3 rings (SSSR count). The molecule has 0 bridgehead atoms. The SMILES string of the molecule is Cc1ccc(CN2CCC(C(O)COc3ccc(Cl)cc3NC(N)=O)CC2)cc1Cl.O=C(O)C(F)(F)F. The van der Waals surface area contributed by atoms with Gasteiger partial charge in [-0.1, -0.05) is 35.3 Å². The minimum atomic E-state index is -5.08. The molecule has 204 valence electrons. The summed E-state index contributed by atoms with van der Waals surface area (Å²) >= 11 is 12.2. The van der Waals surface area contributed by atoms with Gasteiger partial charge in [0.05, 0.1) is 11.8 Å². The van der Waals surface area contributed by atoms with Gasteiger partial charge in [0, 0.05) is 16.6 Å². The molecule has 1 aliphatic heterocycles. The van der Waals surface area contributed by atoms with E-state index in [-0.39, 0.29) is 12.5 Å². The van der Waals surface area contributed by atoms with Gasteiger partial charge in [-0.2, -0.15) is 13.2 Å². The van der Waals surface area contributed by atoms with Gasteiger partial charge in [0.25, 0.3) is 0 Å². The van der Waals surface area contributed by atoms with Gasteiger partial charge in [0.2, 0.25) is 0 Å². The summed E-state index contributed by atoms with van der Waals surface area (Å²) in [6.07, 6.45) is -3.91. The number of alkyl halides is 3. The Morgan fingerprint density at radius 1 is 1.19 bits per heavy atom. The Hall–Kier alpha value is -2.73. The number of benzene rings is 2. The lowest BCUT2D eigenvalue weighted by Crippen LogP contribution is -2.39. The molecular weight excluding hydrogens is 538 g/mol. The number of aliphatic hydroxyl groups excluding tert-OH is 1. The third-order valence-corrected chi connectivity index (χ3v) is 6.31. The van der Waals surface area contributed by atoms with E-state index in [1.165, 1.54) is 5.56 Å². The van der Waals surface area contributed by atoms with E-state index in [1.807, 2.05) is 19.1 Å². The average Bonchev–Trinajstić information content (AvgIpc) is 2.80. The summed E-state index contributed by atoms with van der Waals surface area (Å²) in [6, 6.07) is 10.3. The Morgan fingerprint density at radius 2 is 1.81 bits per heavy atom. The summed E-state index contributed by atoms with van der Waals surface area (Å²) in [7, 11) is 0. The second-order valence-electron chi connectivity index (χ2n) is 8.51. The fraction of sp³-hybridized carbons (Fsp3) is 0.417. The van der Waals surface area contributed by atoms with Crippen molar-refractivity contribution >= 4 is 40.9 Å². The standard InChI is InChI=1S/C22H27Cl2N3O3.C2HF3O2/c1-14-2-3-15(10-18(14)24)12-27-8-6-16(7-9-27)20(28)13-30-21-5-4-17(23)11-19(21)26-22(25)29;3-2(4,5)1(6)7/h2-5,10-11,16,20,28H,6-9,12-13H2,1H3,(H3,25,26,29);(H,6,7). The molecule has 0 aliphatic carbocycles. The number of amides is 2. The van der Waals surface area contributed by atoms with Crippen molar-refractivity contribution < 1.29 is 37.7 Å². The van der Waals surface area contributed by atoms with E-state index in [9.17, 15) is 23.1 Å². The Balaban J connectivity index is 0.000000604. The summed E-state index contributed by atoms with van der Waals surface area (Å²) in [5, 5.41) is 21.5. The summed E-state index contributed by atoms with van der Waals surface area (Å²) in [5.74, 6) is -2.18. The highest BCUT2D eigenvalue weighted by Crippen LogP contribution is 2.29. The van der Waals surface area contributed by atoms with Crippen molar-refractivity contribution in [3.05, 3.63) is 57.6 Å². The van der Waals surface area contributed by atoms with Crippen LogP contribution in [0.2, 0.25) is 10.0 Å². The van der Waals surface area contributed by atoms with Crippen molar-refractivity contribution in [3.8, 4) is 5.75 Å². The summed E-state index contributed by atoms with van der Waals surface area (Å²) in [4.78, 5) is 22.4. The number of rotatable bonds is 7. The first-order chi connectivity index (χ1) is 17.3. The molecule has 0 saturated carbocycles. The van der Waals surface area contributed by atoms with E-state index in [1.54, 1.807) is 18.2 Å². The van der Waals surface area contributed by atoms with Crippen LogP contribution >= 0.6 is 23.2 Å². The molecule has 2 aromatic rings. The number of primary amides is 1. The highest BCUT2D eigenvalue weighted by atomic mass is 35.5. The maximum atomic E-state index is 11.2. The Labute approximate surface area is 222 Å². The van der Waals surface area contributed by atoms with Gasteiger partial charge < -0.3 is 26.0 Å². The average molecular weight is 566 g/mol. The van der Waals surface area contributed by atoms with Gasteiger partial charge in [0.1, 0.15) is 12.4 Å². The minimum Gasteiger partial charge on any atom is -0.489 e. The third kappa shape index (κ3) is 10.3. The number of likely N-dealkylation sites (tertiary alicyclic amines) is 1. The van der Waals surface area contributed by atoms with E-state index in [0.717, 1.165) is 43.1 Å². The number of piperidine rings is 1. The second-order valence-corrected chi connectivity index (χ2v) is 9.35. The van der Waals surface area contributed by atoms with Crippen LogP contribution in [-0.2, 0) is 11.3 Å². The van der Waals surface area contributed by atoms with Crippen LogP contribution in [0.5, 0.6) is 5.75 Å². The van der Waals surface area contributed by atoms with Gasteiger partial charge in [-0.3, -0.25) is 4.90 Å². The molecule has 1 unspecified atom stereocenters. The number of aryl methyl sites for hydroxylation is 1. The van der Waals surface area contributed by atoms with Crippen LogP contribution < -0.4 is 15.8 Å². The lowest BCUT2D eigenvalue weighted by atomic mass is 9.91. The van der Waals surface area contributed by atoms with Crippen molar-refractivity contribution in [2.75, 3.05) is 25.0 Å². The molecule has 0 radical (unpaired) electrons. The first kappa shape index (κ1) is 30.5. The number of carbonyl (C=O) groups excluding carboxylic acids is 1. The fourth-order valence-electron chi connectivity index (χ4n) is 3.66. The topological polar surface area (TPSA) is 125 Å². The van der Waals surface area contributed by atoms with Crippen LogP contribution in [0.3, 0.4) is 0 Å². The zero-order valence-electron chi connectivity index (χ0n) is 19.9. The highest BCUT2D eigenvalue weighted by molar-refractivity contribution is 6.31. The summed E-state index contributed by atoms with van der Waals surface area (Å²) in [6.45, 7) is 4.79. The number of hydrogen-bond acceptors (Lipinski definition) is 5. The number of hydrogen-bond donors (Lipinski definition) is 4. The molecule has 2 amide bonds. The van der Waals surface area contributed by atoms with Gasteiger partial charge in [0.15, 0.2) is 0 Å². The quantitative estimate of drug-likeness (QED) is 0.371. The number of nitrogens with two attached hydrogens (primary N) is 1. The molecule has 1 aliphatic rings. The first-order valence-corrected chi connectivity index (χ1v) is 12.0. The predicted molar refractivity (Wildman–Crippen MR) is 134 cm³/mol. The number of nitrogens with zero attached hydrogens (tertiary/aromatic N) is 1. The number of carboxylic acid groups (broad SMARTS) is 1. The molecule has 0 aromatic heterocycles. The number of ether oxygens (including phenoxy) is 1. The monoisotopic (exact) mass is 565 g/mol. The number of aliphatic hydroxyl groups is 1. The lowest BCUT2D eigenvalue weighted by molar-refractivity contribution is -0.192. The molecule has 1 fully saturated rings. The lowest BCUT2D eigenvalue weighted by Gasteiger charge is -2.34. The molecule has 1 heterocycles. The fourth-order valence-corrected chi connectivity index (χ4v) is 4.03. The van der Waals surface area contributed by atoms with Crippen molar-refractivity contribution in [2.24, 2.45) is 11.7 Å². The number of carboxylic acids is 1. The number of urea groups is 1. The number of carbonyl (C=O) groups is 2. The van der Waals surface area contributed by atoms with E-state index < -0.39 is 24.3 Å². The zero-order valence-corrected chi connectivity index (χ0v) is 21.4. The van der Waals surface area contributed by atoms with E-state index in [0.29, 0.717) is 16.5 Å². The van der Waals surface area contributed by atoms with E-state index in [4.69, 9.17) is 43.6 Å². The predicted octanol–water partition coefficient (Wildman–Crippen LogP) is 5.08.